The van der Waals surface area contributed by atoms with Crippen LogP contribution in [-0.2, 0) is 0 Å². The van der Waals surface area contributed by atoms with Crippen molar-refractivity contribution in [1.82, 2.24) is 15.0 Å². The van der Waals surface area contributed by atoms with Gasteiger partial charge in [-0.1, -0.05) is 22.9 Å². The van der Waals surface area contributed by atoms with E-state index in [9.17, 15) is 4.79 Å². The molecule has 7 heteroatoms. The van der Waals surface area contributed by atoms with Crippen LogP contribution in [0.2, 0.25) is 5.02 Å². The lowest BCUT2D eigenvalue weighted by Gasteiger charge is -2.03. The van der Waals surface area contributed by atoms with Gasteiger partial charge in [-0.3, -0.25) is 0 Å². The summed E-state index contributed by atoms with van der Waals surface area (Å²) >= 11 is 9.20. The average Bonchev–Trinajstić information content (AvgIpc) is 2.71. The predicted molar refractivity (Wildman–Crippen MR) is 61.0 cm³/mol. The third-order valence-electron chi connectivity index (χ3n) is 1.89. The summed E-state index contributed by atoms with van der Waals surface area (Å²) in [7, 11) is 0. The number of hydrogen-bond donors (Lipinski definition) is 1. The molecule has 0 saturated heterocycles. The Hall–Kier alpha value is -1.40. The topological polar surface area (TPSA) is 68.0 Å². The fraction of sp³-hybridized carbons (Fsp3) is 0. The van der Waals surface area contributed by atoms with E-state index in [0.29, 0.717) is 15.2 Å². The first-order chi connectivity index (χ1) is 7.59. The second-order valence-electron chi connectivity index (χ2n) is 2.93. The molecule has 0 atom stereocenters. The fourth-order valence-corrected chi connectivity index (χ4v) is 1.76. The van der Waals surface area contributed by atoms with Crippen molar-refractivity contribution < 1.29 is 9.90 Å². The maximum Gasteiger partial charge on any atom is 0.358 e. The number of carboxylic acids is 1. The van der Waals surface area contributed by atoms with Crippen LogP contribution in [0.5, 0.6) is 0 Å². The van der Waals surface area contributed by atoms with Crippen LogP contribution in [0, 0.1) is 0 Å². The number of hydrogen-bond acceptors (Lipinski definition) is 3. The van der Waals surface area contributed by atoms with Gasteiger partial charge in [-0.25, -0.2) is 9.48 Å². The first kappa shape index (κ1) is 11.1. The van der Waals surface area contributed by atoms with Crippen LogP contribution < -0.4 is 0 Å². The molecule has 0 bridgehead atoms. The number of halogens is 2. The molecule has 0 aliphatic rings. The molecule has 0 aliphatic carbocycles. The lowest BCUT2D eigenvalue weighted by Crippen LogP contribution is -1.96. The Morgan fingerprint density at radius 3 is 2.88 bits per heavy atom. The molecule has 0 aliphatic heterocycles. The summed E-state index contributed by atoms with van der Waals surface area (Å²) in [6, 6.07) is 5.20. The normalized spacial score (nSPS) is 10.4. The van der Waals surface area contributed by atoms with Crippen molar-refractivity contribution in [2.24, 2.45) is 0 Å². The molecule has 0 saturated carbocycles. The zero-order valence-electron chi connectivity index (χ0n) is 7.76. The molecule has 0 amide bonds. The third kappa shape index (κ3) is 1.94. The molecule has 0 radical (unpaired) electrons. The van der Waals surface area contributed by atoms with Crippen molar-refractivity contribution in [3.8, 4) is 5.69 Å². The molecule has 5 nitrogen and oxygen atoms in total. The second-order valence-corrected chi connectivity index (χ2v) is 4.13. The number of rotatable bonds is 2. The maximum atomic E-state index is 10.6. The second kappa shape index (κ2) is 4.23. The molecule has 1 aromatic carbocycles. The highest BCUT2D eigenvalue weighted by atomic mass is 79.9. The van der Waals surface area contributed by atoms with Crippen molar-refractivity contribution >= 4 is 33.5 Å². The highest BCUT2D eigenvalue weighted by Crippen LogP contribution is 2.28. The summed E-state index contributed by atoms with van der Waals surface area (Å²) in [4.78, 5) is 10.6. The van der Waals surface area contributed by atoms with Gasteiger partial charge in [-0.05, 0) is 28.1 Å². The monoisotopic (exact) mass is 301 g/mol. The smallest absolute Gasteiger partial charge is 0.358 e. The van der Waals surface area contributed by atoms with Gasteiger partial charge in [0.1, 0.15) is 0 Å². The summed E-state index contributed by atoms with van der Waals surface area (Å²) in [6.07, 6.45) is 1.32. The Balaban J connectivity index is 2.50. The summed E-state index contributed by atoms with van der Waals surface area (Å²) in [5.41, 5.74) is 0.513. The van der Waals surface area contributed by atoms with E-state index in [1.54, 1.807) is 18.2 Å². The van der Waals surface area contributed by atoms with Gasteiger partial charge in [-0.2, -0.15) is 0 Å². The zero-order chi connectivity index (χ0) is 11.7. The molecule has 2 aromatic rings. The summed E-state index contributed by atoms with van der Waals surface area (Å²) in [5, 5.41) is 16.5. The molecule has 2 rings (SSSR count). The molecular formula is C9H5BrClN3O2. The number of nitrogens with zero attached hydrogens (tertiary/aromatic N) is 3. The van der Waals surface area contributed by atoms with Crippen molar-refractivity contribution in [3.05, 3.63) is 39.6 Å². The number of aromatic nitrogens is 3. The fourth-order valence-electron chi connectivity index (χ4n) is 1.15. The zero-order valence-corrected chi connectivity index (χ0v) is 10.1. The summed E-state index contributed by atoms with van der Waals surface area (Å²) < 4.78 is 1.98. The van der Waals surface area contributed by atoms with Crippen LogP contribution in [0.3, 0.4) is 0 Å². The van der Waals surface area contributed by atoms with Gasteiger partial charge < -0.3 is 5.11 Å². The van der Waals surface area contributed by atoms with Gasteiger partial charge in [0.25, 0.3) is 0 Å². The number of carboxylic acid groups (broad SMARTS) is 1. The van der Waals surface area contributed by atoms with Crippen LogP contribution in [-0.4, -0.2) is 26.1 Å². The third-order valence-corrected chi connectivity index (χ3v) is 3.27. The maximum absolute atomic E-state index is 10.6. The van der Waals surface area contributed by atoms with Gasteiger partial charge in [0, 0.05) is 0 Å². The van der Waals surface area contributed by atoms with Gasteiger partial charge in [0.05, 0.1) is 21.4 Å². The molecule has 82 valence electrons. The Morgan fingerprint density at radius 1 is 1.50 bits per heavy atom. The molecule has 1 N–H and O–H groups in total. The first-order valence-electron chi connectivity index (χ1n) is 4.19. The number of carbonyl (C=O) groups is 1. The van der Waals surface area contributed by atoms with Gasteiger partial charge in [0.15, 0.2) is 5.69 Å². The van der Waals surface area contributed by atoms with Crippen molar-refractivity contribution in [1.29, 1.82) is 0 Å². The molecule has 1 aromatic heterocycles. The Morgan fingerprint density at radius 2 is 2.25 bits per heavy atom. The summed E-state index contributed by atoms with van der Waals surface area (Å²) in [5.74, 6) is -1.12. The van der Waals surface area contributed by atoms with E-state index in [0.717, 1.165) is 0 Å². The highest BCUT2D eigenvalue weighted by molar-refractivity contribution is 9.10. The average molecular weight is 303 g/mol. The van der Waals surface area contributed by atoms with Crippen molar-refractivity contribution in [2.45, 2.75) is 0 Å². The van der Waals surface area contributed by atoms with Gasteiger partial charge in [-0.15, -0.1) is 5.10 Å². The van der Waals surface area contributed by atoms with Crippen molar-refractivity contribution in [3.63, 3.8) is 0 Å². The standard InChI is InChI=1S/C9H5BrClN3O2/c10-8-5(11)2-1-3-7(8)14-4-6(9(15)16)12-13-14/h1-4H,(H,15,16). The first-order valence-corrected chi connectivity index (χ1v) is 5.36. The minimum atomic E-state index is -1.12. The van der Waals surface area contributed by atoms with E-state index in [-0.39, 0.29) is 5.69 Å². The van der Waals surface area contributed by atoms with Gasteiger partial charge in [0.2, 0.25) is 0 Å². The number of benzene rings is 1. The molecule has 0 fully saturated rings. The lowest BCUT2D eigenvalue weighted by molar-refractivity contribution is 0.0690. The minimum absolute atomic E-state index is 0.119. The molecule has 0 unspecified atom stereocenters. The Kier molecular flexibility index (Phi) is 2.93. The number of aromatic carboxylic acids is 1. The van der Waals surface area contributed by atoms with Gasteiger partial charge >= 0.3 is 5.97 Å². The van der Waals surface area contributed by atoms with Crippen molar-refractivity contribution in [2.75, 3.05) is 0 Å². The summed E-state index contributed by atoms with van der Waals surface area (Å²) in [6.45, 7) is 0. The largest absolute Gasteiger partial charge is 0.476 e. The quantitative estimate of drug-likeness (QED) is 0.925. The van der Waals surface area contributed by atoms with E-state index in [1.807, 2.05) is 0 Å². The van der Waals surface area contributed by atoms with E-state index < -0.39 is 5.97 Å². The van der Waals surface area contributed by atoms with Crippen LogP contribution in [0.25, 0.3) is 5.69 Å². The predicted octanol–water partition coefficient (Wildman–Crippen LogP) is 2.38. The molecule has 16 heavy (non-hydrogen) atoms. The van der Waals surface area contributed by atoms with E-state index >= 15 is 0 Å². The molecule has 0 spiro atoms. The van der Waals surface area contributed by atoms with E-state index in [2.05, 4.69) is 26.2 Å². The molecular weight excluding hydrogens is 297 g/mol. The Labute approximate surface area is 104 Å². The van der Waals surface area contributed by atoms with Crippen LogP contribution in [0.15, 0.2) is 28.9 Å². The highest BCUT2D eigenvalue weighted by Gasteiger charge is 2.12. The van der Waals surface area contributed by atoms with Crippen LogP contribution in [0.1, 0.15) is 10.5 Å². The SMILES string of the molecule is O=C(O)c1cn(-c2cccc(Cl)c2Br)nn1. The van der Waals surface area contributed by atoms with E-state index in [4.69, 9.17) is 16.7 Å². The lowest BCUT2D eigenvalue weighted by atomic mass is 10.3. The van der Waals surface area contributed by atoms with Crippen LogP contribution in [0.4, 0.5) is 0 Å². The van der Waals surface area contributed by atoms with Crippen LogP contribution >= 0.6 is 27.5 Å². The Bertz CT molecular complexity index is 555. The molecule has 1 heterocycles. The van der Waals surface area contributed by atoms with E-state index in [1.165, 1.54) is 10.9 Å². The minimum Gasteiger partial charge on any atom is -0.476 e.